The number of rotatable bonds is 9. The van der Waals surface area contributed by atoms with Gasteiger partial charge >= 0.3 is 11.9 Å². The lowest BCUT2D eigenvalue weighted by Crippen LogP contribution is -2.50. The summed E-state index contributed by atoms with van der Waals surface area (Å²) >= 11 is 0. The Morgan fingerprint density at radius 2 is 1.25 bits per heavy atom. The van der Waals surface area contributed by atoms with E-state index in [2.05, 4.69) is 72.8 Å². The molecule has 1 aromatic heterocycles. The molecule has 8 heteroatoms. The van der Waals surface area contributed by atoms with Gasteiger partial charge in [-0.2, -0.15) is 0 Å². The van der Waals surface area contributed by atoms with Gasteiger partial charge in [0.1, 0.15) is 36.0 Å². The zero-order chi connectivity index (χ0) is 36.0. The third-order valence-electron chi connectivity index (χ3n) is 10.2. The first kappa shape index (κ1) is 32.7. The molecule has 1 aliphatic heterocycles. The summed E-state index contributed by atoms with van der Waals surface area (Å²) in [5.41, 5.74) is 10.3. The lowest BCUT2D eigenvalue weighted by atomic mass is 9.79. The van der Waals surface area contributed by atoms with Gasteiger partial charge in [0.2, 0.25) is 0 Å². The molecular formula is C44H35N2O6+. The van der Waals surface area contributed by atoms with Crippen LogP contribution in [0.1, 0.15) is 49.4 Å². The van der Waals surface area contributed by atoms with Gasteiger partial charge in [0.25, 0.3) is 0 Å². The minimum absolute atomic E-state index is 0.135. The molecule has 256 valence electrons. The van der Waals surface area contributed by atoms with Crippen molar-refractivity contribution in [3.63, 3.8) is 0 Å². The summed E-state index contributed by atoms with van der Waals surface area (Å²) in [6, 6.07) is 35.0. The largest absolute Gasteiger partial charge is 0.496 e. The average molecular weight is 688 g/mol. The fourth-order valence-corrected chi connectivity index (χ4v) is 7.92. The summed E-state index contributed by atoms with van der Waals surface area (Å²) in [6.07, 6.45) is 7.12. The summed E-state index contributed by atoms with van der Waals surface area (Å²) in [4.78, 5) is 29.0. The van der Waals surface area contributed by atoms with Gasteiger partial charge in [-0.05, 0) is 67.1 Å². The van der Waals surface area contributed by atoms with Gasteiger partial charge in [0.05, 0.1) is 36.4 Å². The maximum absolute atomic E-state index is 12.0. The molecular weight excluding hydrogens is 652 g/mol. The van der Waals surface area contributed by atoms with Crippen molar-refractivity contribution in [2.45, 2.75) is 19.5 Å². The number of carboxylic acid groups (broad SMARTS) is 2. The Balaban J connectivity index is 1.46. The normalized spacial score (nSPS) is 14.5. The molecule has 0 spiro atoms. The number of ether oxygens (including phenoxy) is 2. The van der Waals surface area contributed by atoms with E-state index in [1.54, 1.807) is 38.5 Å². The smallest absolute Gasteiger partial charge is 0.335 e. The second kappa shape index (κ2) is 13.0. The van der Waals surface area contributed by atoms with Gasteiger partial charge in [-0.1, -0.05) is 60.7 Å². The highest BCUT2D eigenvalue weighted by Gasteiger charge is 2.46. The fraction of sp³-hybridized carbons (Fsp3) is 0.114. The molecule has 52 heavy (non-hydrogen) atoms. The number of nitrogens with zero attached hydrogens (tertiary/aromatic N) is 2. The van der Waals surface area contributed by atoms with Gasteiger partial charge < -0.3 is 19.7 Å². The quantitative estimate of drug-likeness (QED) is 0.115. The lowest BCUT2D eigenvalue weighted by molar-refractivity contribution is 0.0685. The molecule has 2 N–H and O–H groups in total. The second-order valence-electron chi connectivity index (χ2n) is 13.0. The van der Waals surface area contributed by atoms with Gasteiger partial charge in [-0.3, -0.25) is 4.48 Å². The number of pyridine rings is 1. The van der Waals surface area contributed by atoms with E-state index in [1.807, 2.05) is 30.3 Å². The topological polar surface area (TPSA) is 106 Å². The Labute approximate surface area is 300 Å². The molecule has 8 nitrogen and oxygen atoms in total. The van der Waals surface area contributed by atoms with Crippen molar-refractivity contribution in [1.29, 1.82) is 0 Å². The average Bonchev–Trinajstić information content (AvgIpc) is 3.17. The van der Waals surface area contributed by atoms with Gasteiger partial charge in [0, 0.05) is 50.2 Å². The Morgan fingerprint density at radius 3 is 1.81 bits per heavy atom. The lowest BCUT2D eigenvalue weighted by Gasteiger charge is -2.46. The van der Waals surface area contributed by atoms with Gasteiger partial charge in [0.15, 0.2) is 0 Å². The predicted molar refractivity (Wildman–Crippen MR) is 203 cm³/mol. The third-order valence-corrected chi connectivity index (χ3v) is 10.2. The summed E-state index contributed by atoms with van der Waals surface area (Å²) in [6.45, 7) is 0.802. The van der Waals surface area contributed by atoms with E-state index in [9.17, 15) is 19.8 Å². The highest BCUT2D eigenvalue weighted by Crippen LogP contribution is 2.54. The predicted octanol–water partition coefficient (Wildman–Crippen LogP) is 9.17. The van der Waals surface area contributed by atoms with E-state index in [-0.39, 0.29) is 11.1 Å². The summed E-state index contributed by atoms with van der Waals surface area (Å²) in [7, 11) is 3.11. The van der Waals surface area contributed by atoms with Crippen molar-refractivity contribution in [1.82, 2.24) is 9.47 Å². The zero-order valence-corrected chi connectivity index (χ0v) is 28.7. The van der Waals surface area contributed by atoms with Crippen LogP contribution in [0.25, 0.3) is 27.4 Å². The highest BCUT2D eigenvalue weighted by atomic mass is 16.5. The number of hydrogen-bond donors (Lipinski definition) is 2. The molecule has 8 rings (SSSR count). The summed E-state index contributed by atoms with van der Waals surface area (Å²) < 4.78 is 12.0. The molecule has 6 aromatic rings. The molecule has 2 aliphatic rings. The van der Waals surface area contributed by atoms with Crippen LogP contribution in [-0.2, 0) is 13.1 Å². The van der Waals surface area contributed by atoms with Crippen LogP contribution in [0, 0.1) is 0 Å². The number of aromatic carboxylic acids is 2. The molecule has 2 heterocycles. The van der Waals surface area contributed by atoms with E-state index in [1.165, 1.54) is 0 Å². The summed E-state index contributed by atoms with van der Waals surface area (Å²) in [5, 5.41) is 21.7. The number of allylic oxidation sites excluding steroid dienone is 4. The van der Waals surface area contributed by atoms with Gasteiger partial charge in [-0.15, -0.1) is 0 Å². The number of carboxylic acids is 2. The maximum atomic E-state index is 12.0. The van der Waals surface area contributed by atoms with E-state index in [0.717, 1.165) is 66.6 Å². The molecule has 5 aromatic carbocycles. The van der Waals surface area contributed by atoms with Crippen LogP contribution in [0.4, 0.5) is 5.69 Å². The molecule has 0 amide bonds. The Morgan fingerprint density at radius 1 is 0.712 bits per heavy atom. The molecule has 0 fully saturated rings. The molecule has 0 atom stereocenters. The molecule has 0 radical (unpaired) electrons. The summed E-state index contributed by atoms with van der Waals surface area (Å²) in [5.74, 6) is -1.13. The van der Waals surface area contributed by atoms with E-state index < -0.39 is 11.9 Å². The molecule has 0 bridgehead atoms. The van der Waals surface area contributed by atoms with Crippen molar-refractivity contribution in [2.24, 2.45) is 0 Å². The van der Waals surface area contributed by atoms with Crippen molar-refractivity contribution in [3.8, 4) is 11.5 Å². The number of benzene rings is 5. The van der Waals surface area contributed by atoms with Crippen molar-refractivity contribution in [2.75, 3.05) is 14.2 Å². The number of fused-ring (bicyclic) bond motifs is 4. The van der Waals surface area contributed by atoms with Crippen LogP contribution in [0.15, 0.2) is 139 Å². The van der Waals surface area contributed by atoms with Crippen LogP contribution in [-0.4, -0.2) is 41.4 Å². The van der Waals surface area contributed by atoms with Crippen LogP contribution < -0.4 is 14.0 Å². The molecule has 0 saturated carbocycles. The zero-order valence-electron chi connectivity index (χ0n) is 28.7. The first-order valence-corrected chi connectivity index (χ1v) is 17.0. The first-order chi connectivity index (χ1) is 25.3. The first-order valence-electron chi connectivity index (χ1n) is 17.0. The van der Waals surface area contributed by atoms with E-state index in [4.69, 9.17) is 14.5 Å². The number of carbonyl (C=O) groups is 2. The van der Waals surface area contributed by atoms with Crippen LogP contribution in [0.2, 0.25) is 0 Å². The number of para-hydroxylation sites is 3. The maximum Gasteiger partial charge on any atom is 0.335 e. The van der Waals surface area contributed by atoms with Crippen molar-refractivity contribution < 1.29 is 29.3 Å². The Kier molecular flexibility index (Phi) is 8.16. The highest BCUT2D eigenvalue weighted by molar-refractivity contribution is 6.11. The van der Waals surface area contributed by atoms with Crippen molar-refractivity contribution >= 4 is 45.0 Å². The van der Waals surface area contributed by atoms with Crippen LogP contribution in [0.3, 0.4) is 0 Å². The third kappa shape index (κ3) is 5.32. The number of quaternary nitrogens is 1. The minimum atomic E-state index is -1.04. The molecule has 0 saturated heterocycles. The van der Waals surface area contributed by atoms with Crippen LogP contribution >= 0.6 is 0 Å². The van der Waals surface area contributed by atoms with E-state index >= 15 is 0 Å². The molecule has 0 unspecified atom stereocenters. The van der Waals surface area contributed by atoms with E-state index in [0.29, 0.717) is 35.5 Å². The Hall–Kier alpha value is -6.51. The number of methoxy groups -OCH3 is 2. The standard InChI is InChI=1S/C44H34N2O6/c1-51-39-23-27(43(47)48)19-21-29(39)25-46(26-30-22-20-28(44(49)50)24-40(30)52-2)37-17-9-5-13-33(37)42(34-14-6-10-18-38(34)46)41-31-11-3-7-15-35(31)45-36-16-8-4-12-32(36)41/h3-13,15-24H,14,25-26H2,1-2H3,(H-,47,48,49,50)/p+1. The van der Waals surface area contributed by atoms with Crippen molar-refractivity contribution in [3.05, 3.63) is 172 Å². The van der Waals surface area contributed by atoms with Crippen LogP contribution in [0.5, 0.6) is 11.5 Å². The number of aromatic nitrogens is 1. The minimum Gasteiger partial charge on any atom is -0.496 e. The SMILES string of the molecule is COc1cc(C(=O)O)ccc1C[N+]1(Cc2ccc(C(=O)O)cc2OC)C2=CC=CCC2=C(c2c3ccccc3nc3ccccc23)c2ccccc21. The second-order valence-corrected chi connectivity index (χ2v) is 13.0. The molecule has 1 aliphatic carbocycles. The number of hydrogen-bond acceptors (Lipinski definition) is 5. The fourth-order valence-electron chi connectivity index (χ4n) is 7.92. The van der Waals surface area contributed by atoms with Gasteiger partial charge in [-0.25, -0.2) is 14.6 Å². The Bertz CT molecular complexity index is 2430. The monoisotopic (exact) mass is 687 g/mol.